The molecule has 3 aromatic rings. The molecule has 2 heterocycles. The van der Waals surface area contributed by atoms with E-state index in [4.69, 9.17) is 12.2 Å². The summed E-state index contributed by atoms with van der Waals surface area (Å²) in [5.74, 6) is 0. The molecule has 3 rings (SSSR count). The van der Waals surface area contributed by atoms with Crippen LogP contribution in [0.2, 0.25) is 0 Å². The summed E-state index contributed by atoms with van der Waals surface area (Å²) >= 11 is 5.00. The maximum atomic E-state index is 12.6. The van der Waals surface area contributed by atoms with Crippen LogP contribution < -0.4 is 0 Å². The third kappa shape index (κ3) is 1.57. The molecule has 0 saturated heterocycles. The summed E-state index contributed by atoms with van der Waals surface area (Å²) in [6.45, 7) is 0. The van der Waals surface area contributed by atoms with E-state index in [1.54, 1.807) is 0 Å². The Morgan fingerprint density at radius 3 is 2.78 bits per heavy atom. The molecule has 0 bridgehead atoms. The highest BCUT2D eigenvalue weighted by Gasteiger charge is 2.30. The van der Waals surface area contributed by atoms with Gasteiger partial charge in [-0.1, -0.05) is 0 Å². The molecule has 2 aromatic heterocycles. The Morgan fingerprint density at radius 1 is 1.28 bits per heavy atom. The molecule has 92 valence electrons. The van der Waals surface area contributed by atoms with E-state index in [0.29, 0.717) is 16.4 Å². The maximum Gasteiger partial charge on any atom is 0.416 e. The molecule has 0 fully saturated rings. The van der Waals surface area contributed by atoms with Gasteiger partial charge in [0, 0.05) is 5.39 Å². The molecule has 18 heavy (non-hydrogen) atoms. The predicted octanol–water partition coefficient (Wildman–Crippen LogP) is 2.96. The standard InChI is InChI=1S/C10H5F3N4S/c11-10(12,13)5-1-2-7-6(3-5)8-4-14-16-17(8)9(18)15-7/h1-4,16H. The number of aromatic amines is 1. The second-order valence-electron chi connectivity index (χ2n) is 3.70. The normalized spacial score (nSPS) is 12.4. The number of hydrogen-bond acceptors (Lipinski definition) is 3. The minimum atomic E-state index is -4.39. The molecule has 0 aliphatic rings. The fourth-order valence-corrected chi connectivity index (χ4v) is 2.00. The number of benzene rings is 1. The second-order valence-corrected chi connectivity index (χ2v) is 4.07. The molecule has 0 saturated carbocycles. The molecule has 1 N–H and O–H groups in total. The number of rotatable bonds is 0. The van der Waals surface area contributed by atoms with Crippen molar-refractivity contribution in [3.8, 4) is 0 Å². The van der Waals surface area contributed by atoms with E-state index in [1.807, 2.05) is 0 Å². The number of aromatic nitrogens is 4. The van der Waals surface area contributed by atoms with Crippen LogP contribution in [0.15, 0.2) is 24.4 Å². The van der Waals surface area contributed by atoms with Gasteiger partial charge in [0.05, 0.1) is 22.8 Å². The van der Waals surface area contributed by atoms with Crippen LogP contribution in [0.5, 0.6) is 0 Å². The van der Waals surface area contributed by atoms with Crippen molar-refractivity contribution >= 4 is 28.6 Å². The largest absolute Gasteiger partial charge is 0.416 e. The number of alkyl halides is 3. The zero-order valence-electron chi connectivity index (χ0n) is 8.69. The van der Waals surface area contributed by atoms with Crippen LogP contribution in [-0.2, 0) is 6.18 Å². The number of fused-ring (bicyclic) bond motifs is 3. The molecule has 0 spiro atoms. The smallest absolute Gasteiger partial charge is 0.218 e. The SMILES string of the molecule is FC(F)(F)c1ccc2nc(=S)n3[nH]ncc3c2c1. The van der Waals surface area contributed by atoms with E-state index in [0.717, 1.165) is 12.1 Å². The van der Waals surface area contributed by atoms with Gasteiger partial charge in [0.1, 0.15) is 0 Å². The first kappa shape index (κ1) is 11.1. The van der Waals surface area contributed by atoms with Crippen molar-refractivity contribution in [3.05, 3.63) is 34.7 Å². The van der Waals surface area contributed by atoms with Gasteiger partial charge < -0.3 is 0 Å². The van der Waals surface area contributed by atoms with Gasteiger partial charge >= 0.3 is 6.18 Å². The molecule has 8 heteroatoms. The van der Waals surface area contributed by atoms with Crippen LogP contribution in [0.25, 0.3) is 16.4 Å². The Balaban J connectivity index is 2.46. The Bertz CT molecular complexity index is 802. The third-order valence-electron chi connectivity index (χ3n) is 2.59. The van der Waals surface area contributed by atoms with Crippen LogP contribution in [0.1, 0.15) is 5.56 Å². The van der Waals surface area contributed by atoms with Gasteiger partial charge in [-0.3, -0.25) is 0 Å². The molecule has 0 atom stereocenters. The fourth-order valence-electron chi connectivity index (χ4n) is 1.76. The van der Waals surface area contributed by atoms with Gasteiger partial charge in [0.2, 0.25) is 4.77 Å². The summed E-state index contributed by atoms with van der Waals surface area (Å²) in [4.78, 5) is 4.04. The molecule has 1 aromatic carbocycles. The summed E-state index contributed by atoms with van der Waals surface area (Å²) in [6, 6.07) is 3.34. The minimum Gasteiger partial charge on any atom is -0.218 e. The van der Waals surface area contributed by atoms with Crippen LogP contribution in [0, 0.1) is 4.77 Å². The van der Waals surface area contributed by atoms with Crippen molar-refractivity contribution in [2.24, 2.45) is 0 Å². The van der Waals surface area contributed by atoms with Crippen molar-refractivity contribution < 1.29 is 13.2 Å². The lowest BCUT2D eigenvalue weighted by Gasteiger charge is -2.07. The summed E-state index contributed by atoms with van der Waals surface area (Å²) in [5.41, 5.74) is 0.155. The number of H-pyrrole nitrogens is 1. The first-order valence-electron chi connectivity index (χ1n) is 4.90. The van der Waals surface area contributed by atoms with Crippen molar-refractivity contribution in [1.29, 1.82) is 0 Å². The first-order chi connectivity index (χ1) is 8.47. The van der Waals surface area contributed by atoms with Gasteiger partial charge in [-0.25, -0.2) is 14.7 Å². The average Bonchev–Trinajstić information content (AvgIpc) is 2.77. The van der Waals surface area contributed by atoms with Crippen LogP contribution in [0.4, 0.5) is 13.2 Å². The summed E-state index contributed by atoms with van der Waals surface area (Å²) in [7, 11) is 0. The van der Waals surface area contributed by atoms with E-state index in [-0.39, 0.29) is 4.77 Å². The van der Waals surface area contributed by atoms with E-state index < -0.39 is 11.7 Å². The second kappa shape index (κ2) is 3.52. The Hall–Kier alpha value is -1.96. The highest BCUT2D eigenvalue weighted by Crippen LogP contribution is 2.31. The Morgan fingerprint density at radius 2 is 2.06 bits per heavy atom. The zero-order valence-corrected chi connectivity index (χ0v) is 9.51. The van der Waals surface area contributed by atoms with Crippen molar-refractivity contribution in [3.63, 3.8) is 0 Å². The van der Waals surface area contributed by atoms with Crippen LogP contribution >= 0.6 is 12.2 Å². The molecule has 4 nitrogen and oxygen atoms in total. The van der Waals surface area contributed by atoms with E-state index >= 15 is 0 Å². The number of nitrogens with zero attached hydrogens (tertiary/aromatic N) is 3. The molecular formula is C10H5F3N4S. The number of halogens is 3. The molecule has 0 amide bonds. The van der Waals surface area contributed by atoms with Gasteiger partial charge in [0.15, 0.2) is 0 Å². The van der Waals surface area contributed by atoms with Gasteiger partial charge in [-0.2, -0.15) is 18.3 Å². The highest BCUT2D eigenvalue weighted by atomic mass is 32.1. The molecule has 0 unspecified atom stereocenters. The average molecular weight is 270 g/mol. The predicted molar refractivity (Wildman–Crippen MR) is 60.7 cm³/mol. The summed E-state index contributed by atoms with van der Waals surface area (Å²) in [5, 5.41) is 6.66. The van der Waals surface area contributed by atoms with Crippen LogP contribution in [0.3, 0.4) is 0 Å². The zero-order chi connectivity index (χ0) is 12.9. The van der Waals surface area contributed by atoms with Crippen molar-refractivity contribution in [1.82, 2.24) is 19.8 Å². The van der Waals surface area contributed by atoms with Gasteiger partial charge in [0.25, 0.3) is 0 Å². The third-order valence-corrected chi connectivity index (χ3v) is 2.87. The summed E-state index contributed by atoms with van der Waals surface area (Å²) < 4.78 is 39.5. The fraction of sp³-hybridized carbons (Fsp3) is 0.100. The van der Waals surface area contributed by atoms with Gasteiger partial charge in [-0.15, -0.1) is 0 Å². The lowest BCUT2D eigenvalue weighted by atomic mass is 10.1. The maximum absolute atomic E-state index is 12.6. The quantitative estimate of drug-likeness (QED) is 0.639. The molecular weight excluding hydrogens is 265 g/mol. The highest BCUT2D eigenvalue weighted by molar-refractivity contribution is 7.71. The topological polar surface area (TPSA) is 46.0 Å². The van der Waals surface area contributed by atoms with Gasteiger partial charge in [-0.05, 0) is 30.4 Å². The first-order valence-corrected chi connectivity index (χ1v) is 5.31. The van der Waals surface area contributed by atoms with Crippen LogP contribution in [-0.4, -0.2) is 19.8 Å². The lowest BCUT2D eigenvalue weighted by molar-refractivity contribution is -0.137. The minimum absolute atomic E-state index is 0.217. The van der Waals surface area contributed by atoms with Crippen molar-refractivity contribution in [2.45, 2.75) is 6.18 Å². The molecule has 0 aliphatic heterocycles. The number of hydrogen-bond donors (Lipinski definition) is 1. The molecule has 0 radical (unpaired) electrons. The monoisotopic (exact) mass is 270 g/mol. The van der Waals surface area contributed by atoms with Crippen molar-refractivity contribution in [2.75, 3.05) is 0 Å². The number of nitrogens with one attached hydrogen (secondary N) is 1. The lowest BCUT2D eigenvalue weighted by Crippen LogP contribution is -2.05. The Kier molecular flexibility index (Phi) is 2.18. The summed E-state index contributed by atoms with van der Waals surface area (Å²) in [6.07, 6.45) is -2.97. The molecule has 0 aliphatic carbocycles. The van der Waals surface area contributed by atoms with E-state index in [9.17, 15) is 13.2 Å². The van der Waals surface area contributed by atoms with E-state index in [2.05, 4.69) is 15.3 Å². The Labute approximate surface area is 103 Å². The van der Waals surface area contributed by atoms with E-state index in [1.165, 1.54) is 16.8 Å².